The Hall–Kier alpha value is -2.84. The lowest BCUT2D eigenvalue weighted by Crippen LogP contribution is -2.39. The number of hydrazone groups is 1. The maximum atomic E-state index is 13.2. The Labute approximate surface area is 192 Å². The van der Waals surface area contributed by atoms with Crippen LogP contribution in [-0.2, 0) is 11.3 Å². The van der Waals surface area contributed by atoms with Gasteiger partial charge in [-0.25, -0.2) is 9.82 Å². The number of ether oxygens (including phenoxy) is 3. The van der Waals surface area contributed by atoms with E-state index in [1.165, 1.54) is 18.3 Å². The Morgan fingerprint density at radius 3 is 2.41 bits per heavy atom. The fourth-order valence-electron chi connectivity index (χ4n) is 3.65. The number of rotatable bonds is 8. The third-order valence-electron chi connectivity index (χ3n) is 5.48. The normalized spacial score (nSPS) is 15.0. The highest BCUT2D eigenvalue weighted by Crippen LogP contribution is 2.33. The lowest BCUT2D eigenvalue weighted by atomic mass is 9.96. The molecule has 1 fully saturated rings. The van der Waals surface area contributed by atoms with Gasteiger partial charge in [-0.3, -0.25) is 9.69 Å². The zero-order chi connectivity index (χ0) is 23.1. The SMILES string of the molecule is COc1cc(OC)c(OC)cc1C=NNC(=O)C1CCN(Cc2ccc(F)cc2Cl)CC1. The van der Waals surface area contributed by atoms with E-state index in [-0.39, 0.29) is 17.6 Å². The number of carbonyl (C=O) groups is 1. The summed E-state index contributed by atoms with van der Waals surface area (Å²) in [5.41, 5.74) is 4.15. The van der Waals surface area contributed by atoms with Gasteiger partial charge in [0.15, 0.2) is 11.5 Å². The first-order chi connectivity index (χ1) is 15.4. The quantitative estimate of drug-likeness (QED) is 0.475. The zero-order valence-corrected chi connectivity index (χ0v) is 19.1. The van der Waals surface area contributed by atoms with Crippen LogP contribution in [0.25, 0.3) is 0 Å². The largest absolute Gasteiger partial charge is 0.496 e. The molecule has 32 heavy (non-hydrogen) atoms. The van der Waals surface area contributed by atoms with Crippen molar-refractivity contribution in [3.63, 3.8) is 0 Å². The monoisotopic (exact) mass is 463 g/mol. The van der Waals surface area contributed by atoms with E-state index >= 15 is 0 Å². The van der Waals surface area contributed by atoms with Gasteiger partial charge in [-0.1, -0.05) is 17.7 Å². The third kappa shape index (κ3) is 5.89. The fraction of sp³-hybridized carbons (Fsp3) is 0.391. The standard InChI is InChI=1S/C23H27ClFN3O4/c1-30-20-12-22(32-3)21(31-2)10-17(20)13-26-27-23(29)15-6-8-28(9-7-15)14-16-4-5-18(25)11-19(16)24/h4-5,10-13,15H,6-9,14H2,1-3H3,(H,27,29). The highest BCUT2D eigenvalue weighted by atomic mass is 35.5. The molecule has 1 aliphatic rings. The molecule has 3 rings (SSSR count). The molecule has 1 amide bonds. The van der Waals surface area contributed by atoms with E-state index in [4.69, 9.17) is 25.8 Å². The first kappa shape index (κ1) is 23.8. The summed E-state index contributed by atoms with van der Waals surface area (Å²) in [4.78, 5) is 14.7. The Morgan fingerprint density at radius 2 is 1.78 bits per heavy atom. The second kappa shape index (κ2) is 11.2. The van der Waals surface area contributed by atoms with Crippen LogP contribution < -0.4 is 19.6 Å². The molecule has 1 aliphatic heterocycles. The molecule has 0 atom stereocenters. The van der Waals surface area contributed by atoms with Crippen LogP contribution >= 0.6 is 11.6 Å². The van der Waals surface area contributed by atoms with Gasteiger partial charge in [0, 0.05) is 29.1 Å². The maximum Gasteiger partial charge on any atom is 0.243 e. The van der Waals surface area contributed by atoms with Crippen LogP contribution in [0.3, 0.4) is 0 Å². The van der Waals surface area contributed by atoms with Gasteiger partial charge < -0.3 is 14.2 Å². The molecule has 0 saturated carbocycles. The number of benzene rings is 2. The minimum Gasteiger partial charge on any atom is -0.496 e. The molecule has 0 aromatic heterocycles. The van der Waals surface area contributed by atoms with Gasteiger partial charge in [0.1, 0.15) is 11.6 Å². The molecular weight excluding hydrogens is 437 g/mol. The molecule has 172 valence electrons. The number of likely N-dealkylation sites (tertiary alicyclic amines) is 1. The summed E-state index contributed by atoms with van der Waals surface area (Å²) in [6.07, 6.45) is 2.93. The number of nitrogens with one attached hydrogen (secondary N) is 1. The lowest BCUT2D eigenvalue weighted by molar-refractivity contribution is -0.126. The topological polar surface area (TPSA) is 72.4 Å². The third-order valence-corrected chi connectivity index (χ3v) is 5.83. The number of halogens is 2. The number of piperidine rings is 1. The van der Waals surface area contributed by atoms with Crippen LogP contribution in [-0.4, -0.2) is 51.4 Å². The molecule has 0 radical (unpaired) electrons. The van der Waals surface area contributed by atoms with Crippen molar-refractivity contribution in [2.24, 2.45) is 11.0 Å². The molecule has 7 nitrogen and oxygen atoms in total. The Bertz CT molecular complexity index is 978. The van der Waals surface area contributed by atoms with Crippen molar-refractivity contribution in [3.05, 3.63) is 52.3 Å². The minimum atomic E-state index is -0.347. The molecule has 0 aliphatic carbocycles. The summed E-state index contributed by atoms with van der Waals surface area (Å²) in [5, 5.41) is 4.52. The van der Waals surface area contributed by atoms with E-state index in [9.17, 15) is 9.18 Å². The first-order valence-corrected chi connectivity index (χ1v) is 10.6. The van der Waals surface area contributed by atoms with Crippen LogP contribution in [0.4, 0.5) is 4.39 Å². The van der Waals surface area contributed by atoms with Gasteiger partial charge in [-0.15, -0.1) is 0 Å². The van der Waals surface area contributed by atoms with E-state index in [1.54, 1.807) is 39.5 Å². The summed E-state index contributed by atoms with van der Waals surface area (Å²) in [6, 6.07) is 7.86. The van der Waals surface area contributed by atoms with Gasteiger partial charge in [0.25, 0.3) is 0 Å². The van der Waals surface area contributed by atoms with E-state index in [0.29, 0.717) is 47.2 Å². The summed E-state index contributed by atoms with van der Waals surface area (Å²) in [6.45, 7) is 2.13. The van der Waals surface area contributed by atoms with Crippen LogP contribution in [0.1, 0.15) is 24.0 Å². The molecule has 1 heterocycles. The highest BCUT2D eigenvalue weighted by Gasteiger charge is 2.25. The van der Waals surface area contributed by atoms with Crippen molar-refractivity contribution >= 4 is 23.7 Å². The predicted octanol–water partition coefficient (Wildman–Crippen LogP) is 3.87. The van der Waals surface area contributed by atoms with E-state index in [0.717, 1.165) is 18.7 Å². The molecule has 1 N–H and O–H groups in total. The number of nitrogens with zero attached hydrogens (tertiary/aromatic N) is 2. The van der Waals surface area contributed by atoms with Crippen LogP contribution in [0, 0.1) is 11.7 Å². The summed E-state index contributed by atoms with van der Waals surface area (Å²) in [7, 11) is 4.64. The van der Waals surface area contributed by atoms with Crippen molar-refractivity contribution < 1.29 is 23.4 Å². The van der Waals surface area contributed by atoms with E-state index in [1.807, 2.05) is 0 Å². The van der Waals surface area contributed by atoms with Crippen LogP contribution in [0.5, 0.6) is 17.2 Å². The smallest absolute Gasteiger partial charge is 0.243 e. The average molecular weight is 464 g/mol. The minimum absolute atomic E-state index is 0.125. The van der Waals surface area contributed by atoms with E-state index in [2.05, 4.69) is 15.4 Å². The van der Waals surface area contributed by atoms with Crippen molar-refractivity contribution in [1.82, 2.24) is 10.3 Å². The molecule has 0 spiro atoms. The van der Waals surface area contributed by atoms with Gasteiger partial charge in [0.05, 0.1) is 27.5 Å². The first-order valence-electron chi connectivity index (χ1n) is 10.2. The molecule has 2 aromatic rings. The van der Waals surface area contributed by atoms with Gasteiger partial charge in [-0.05, 0) is 49.7 Å². The molecule has 0 unspecified atom stereocenters. The van der Waals surface area contributed by atoms with Crippen molar-refractivity contribution in [1.29, 1.82) is 0 Å². The summed E-state index contributed by atoms with van der Waals surface area (Å²) < 4.78 is 29.1. The Morgan fingerprint density at radius 1 is 1.12 bits per heavy atom. The lowest BCUT2D eigenvalue weighted by Gasteiger charge is -2.31. The maximum absolute atomic E-state index is 13.2. The van der Waals surface area contributed by atoms with E-state index < -0.39 is 0 Å². The summed E-state index contributed by atoms with van der Waals surface area (Å²) in [5.74, 6) is 1.03. The summed E-state index contributed by atoms with van der Waals surface area (Å²) >= 11 is 6.12. The van der Waals surface area contributed by atoms with Crippen molar-refractivity contribution in [3.8, 4) is 17.2 Å². The Kier molecular flexibility index (Phi) is 8.30. The molecule has 1 saturated heterocycles. The molecular formula is C23H27ClFN3O4. The average Bonchev–Trinajstić information content (AvgIpc) is 2.80. The van der Waals surface area contributed by atoms with Gasteiger partial charge >= 0.3 is 0 Å². The van der Waals surface area contributed by atoms with Crippen molar-refractivity contribution in [2.75, 3.05) is 34.4 Å². The number of hydrogen-bond donors (Lipinski definition) is 1. The zero-order valence-electron chi connectivity index (χ0n) is 18.4. The highest BCUT2D eigenvalue weighted by molar-refractivity contribution is 6.31. The van der Waals surface area contributed by atoms with Crippen LogP contribution in [0.2, 0.25) is 5.02 Å². The number of methoxy groups -OCH3 is 3. The molecule has 2 aromatic carbocycles. The number of amides is 1. The number of hydrogen-bond acceptors (Lipinski definition) is 6. The second-order valence-electron chi connectivity index (χ2n) is 7.47. The predicted molar refractivity (Wildman–Crippen MR) is 121 cm³/mol. The second-order valence-corrected chi connectivity index (χ2v) is 7.88. The number of carbonyl (C=O) groups excluding carboxylic acids is 1. The Balaban J connectivity index is 1.53. The van der Waals surface area contributed by atoms with Gasteiger partial charge in [-0.2, -0.15) is 5.10 Å². The fourth-order valence-corrected chi connectivity index (χ4v) is 3.88. The molecule has 9 heteroatoms. The van der Waals surface area contributed by atoms with Gasteiger partial charge in [0.2, 0.25) is 5.91 Å². The van der Waals surface area contributed by atoms with Crippen LogP contribution in [0.15, 0.2) is 35.4 Å². The molecule has 0 bridgehead atoms. The van der Waals surface area contributed by atoms with Crippen molar-refractivity contribution in [2.45, 2.75) is 19.4 Å².